The number of para-hydroxylation sites is 6. The van der Waals surface area contributed by atoms with Gasteiger partial charge in [0.1, 0.15) is 5.58 Å². The fourth-order valence-corrected chi connectivity index (χ4v) is 10.0. The van der Waals surface area contributed by atoms with E-state index in [-0.39, 0.29) is 0 Å². The lowest BCUT2D eigenvalue weighted by molar-refractivity contribution is 0.617. The van der Waals surface area contributed by atoms with Crippen molar-refractivity contribution in [3.8, 4) is 33.4 Å². The van der Waals surface area contributed by atoms with E-state index >= 15 is 0 Å². The minimum Gasteiger partial charge on any atom is -0.464 e. The third-order valence-electron chi connectivity index (χ3n) is 12.5. The molecule has 2 heterocycles. The van der Waals surface area contributed by atoms with Crippen LogP contribution in [0.4, 0.5) is 34.1 Å². The zero-order valence-corrected chi connectivity index (χ0v) is 32.7. The Kier molecular flexibility index (Phi) is 7.76. The van der Waals surface area contributed by atoms with Gasteiger partial charge in [-0.3, -0.25) is 0 Å². The molecule has 1 spiro atoms. The maximum Gasteiger partial charge on any atom is 0.134 e. The van der Waals surface area contributed by atoms with Crippen LogP contribution in [0.1, 0.15) is 22.3 Å². The molecule has 2 aliphatic rings. The highest BCUT2D eigenvalue weighted by atomic mass is 16.3. The van der Waals surface area contributed by atoms with E-state index in [2.05, 4.69) is 222 Å². The summed E-state index contributed by atoms with van der Waals surface area (Å²) >= 11 is 0. The van der Waals surface area contributed by atoms with Crippen LogP contribution in [0.3, 0.4) is 0 Å². The lowest BCUT2D eigenvalue weighted by Gasteiger charge is -2.45. The first-order chi connectivity index (χ1) is 29.8. The summed E-state index contributed by atoms with van der Waals surface area (Å²) in [5.41, 5.74) is 19.3. The molecule has 9 aromatic carbocycles. The van der Waals surface area contributed by atoms with E-state index in [9.17, 15) is 0 Å². The number of rotatable bonds is 6. The molecule has 0 bridgehead atoms. The SMILES string of the molecule is c1ccc(N(c2ccc3c(c2)C2(c4ccccc4-3)c3ccccc3N(c3ccccc3)c3ccccc32)c2ccccc2-c2ccc(-c3coc4ccccc34)cc2)cc1. The van der Waals surface area contributed by atoms with Crippen molar-refractivity contribution in [1.82, 2.24) is 0 Å². The van der Waals surface area contributed by atoms with E-state index in [4.69, 9.17) is 4.42 Å². The molecule has 0 amide bonds. The van der Waals surface area contributed by atoms with Crippen molar-refractivity contribution >= 4 is 45.1 Å². The van der Waals surface area contributed by atoms with Gasteiger partial charge in [0.05, 0.1) is 28.7 Å². The molecule has 1 aliphatic heterocycles. The summed E-state index contributed by atoms with van der Waals surface area (Å²) in [7, 11) is 0. The summed E-state index contributed by atoms with van der Waals surface area (Å²) in [5.74, 6) is 0. The highest BCUT2D eigenvalue weighted by Crippen LogP contribution is 2.64. The quantitative estimate of drug-likeness (QED) is 0.168. The van der Waals surface area contributed by atoms with Crippen LogP contribution in [0.25, 0.3) is 44.3 Å². The highest BCUT2D eigenvalue weighted by molar-refractivity contribution is 5.98. The van der Waals surface area contributed by atoms with Crippen LogP contribution in [0.2, 0.25) is 0 Å². The van der Waals surface area contributed by atoms with Crippen LogP contribution in [0.5, 0.6) is 0 Å². The fraction of sp³-hybridized carbons (Fsp3) is 0.0175. The standard InChI is InChI=1S/C57H38N2O/c1-3-17-41(18-4-1)58(53-27-13-8-21-44(53)39-31-33-40(34-32-39)48-38-60-56-30-16-9-23-47(48)56)43-35-36-46-45-22-7-10-24-49(45)57(52(46)37-43)50-25-11-14-28-54(50)59(42-19-5-2-6-20-42)55-29-15-12-26-51(55)57/h1-38H. The van der Waals surface area contributed by atoms with Gasteiger partial charge in [0.15, 0.2) is 0 Å². The predicted molar refractivity (Wildman–Crippen MR) is 247 cm³/mol. The maximum absolute atomic E-state index is 5.92. The van der Waals surface area contributed by atoms with Crippen molar-refractivity contribution in [3.63, 3.8) is 0 Å². The molecule has 1 aliphatic carbocycles. The van der Waals surface area contributed by atoms with Crippen LogP contribution in [0, 0.1) is 0 Å². The molecule has 0 saturated heterocycles. The second kappa shape index (κ2) is 13.6. The van der Waals surface area contributed by atoms with E-state index in [0.29, 0.717) is 0 Å². The second-order valence-electron chi connectivity index (χ2n) is 15.6. The maximum atomic E-state index is 5.92. The van der Waals surface area contributed by atoms with Gasteiger partial charge in [-0.25, -0.2) is 0 Å². The zero-order valence-electron chi connectivity index (χ0n) is 32.7. The first-order valence-corrected chi connectivity index (χ1v) is 20.6. The lowest BCUT2D eigenvalue weighted by atomic mass is 9.64. The summed E-state index contributed by atoms with van der Waals surface area (Å²) in [6.07, 6.45) is 1.87. The van der Waals surface area contributed by atoms with Gasteiger partial charge in [0.25, 0.3) is 0 Å². The van der Waals surface area contributed by atoms with Gasteiger partial charge in [-0.05, 0) is 105 Å². The Morgan fingerprint density at radius 3 is 1.67 bits per heavy atom. The van der Waals surface area contributed by atoms with Gasteiger partial charge in [-0.15, -0.1) is 0 Å². The molecule has 1 aromatic heterocycles. The first kappa shape index (κ1) is 34.2. The summed E-state index contributed by atoms with van der Waals surface area (Å²) in [6, 6.07) is 81.6. The lowest BCUT2D eigenvalue weighted by Crippen LogP contribution is -2.36. The molecule has 60 heavy (non-hydrogen) atoms. The highest BCUT2D eigenvalue weighted by Gasteiger charge is 2.51. The molecule has 10 aromatic rings. The molecule has 282 valence electrons. The number of benzene rings is 9. The van der Waals surface area contributed by atoms with Gasteiger partial charge in [0, 0.05) is 33.6 Å². The molecule has 0 unspecified atom stereocenters. The minimum atomic E-state index is -0.560. The number of furan rings is 1. The van der Waals surface area contributed by atoms with Gasteiger partial charge < -0.3 is 14.2 Å². The van der Waals surface area contributed by atoms with Crippen molar-refractivity contribution in [1.29, 1.82) is 0 Å². The molecular formula is C57H38N2O. The number of hydrogen-bond acceptors (Lipinski definition) is 3. The van der Waals surface area contributed by atoms with Gasteiger partial charge >= 0.3 is 0 Å². The number of anilines is 6. The van der Waals surface area contributed by atoms with E-state index in [0.717, 1.165) is 56.0 Å². The Morgan fingerprint density at radius 2 is 0.933 bits per heavy atom. The molecule has 3 nitrogen and oxygen atoms in total. The summed E-state index contributed by atoms with van der Waals surface area (Å²) in [5, 5.41) is 1.12. The summed E-state index contributed by atoms with van der Waals surface area (Å²) < 4.78 is 5.92. The monoisotopic (exact) mass is 766 g/mol. The van der Waals surface area contributed by atoms with Crippen LogP contribution >= 0.6 is 0 Å². The normalized spacial score (nSPS) is 13.1. The van der Waals surface area contributed by atoms with E-state index in [1.165, 1.54) is 44.8 Å². The predicted octanol–water partition coefficient (Wildman–Crippen LogP) is 15.4. The summed E-state index contributed by atoms with van der Waals surface area (Å²) in [4.78, 5) is 4.87. The van der Waals surface area contributed by atoms with E-state index in [1.54, 1.807) is 0 Å². The average Bonchev–Trinajstić information content (AvgIpc) is 3.88. The van der Waals surface area contributed by atoms with Crippen molar-refractivity contribution in [2.75, 3.05) is 9.80 Å². The Morgan fingerprint density at radius 1 is 0.383 bits per heavy atom. The Labute approximate surface area is 349 Å². The van der Waals surface area contributed by atoms with Crippen molar-refractivity contribution in [2.45, 2.75) is 5.41 Å². The van der Waals surface area contributed by atoms with Crippen LogP contribution in [0.15, 0.2) is 235 Å². The number of nitrogens with zero attached hydrogens (tertiary/aromatic N) is 2. The largest absolute Gasteiger partial charge is 0.464 e. The third kappa shape index (κ3) is 5.03. The van der Waals surface area contributed by atoms with Gasteiger partial charge in [0.2, 0.25) is 0 Å². The second-order valence-corrected chi connectivity index (χ2v) is 15.6. The molecule has 0 radical (unpaired) electrons. The molecule has 0 atom stereocenters. The van der Waals surface area contributed by atoms with Crippen LogP contribution < -0.4 is 9.80 Å². The average molecular weight is 767 g/mol. The Balaban J connectivity index is 1.07. The van der Waals surface area contributed by atoms with E-state index in [1.807, 2.05) is 18.4 Å². The Hall–Kier alpha value is -7.88. The number of fused-ring (bicyclic) bond motifs is 10. The van der Waals surface area contributed by atoms with Crippen molar-refractivity contribution in [3.05, 3.63) is 253 Å². The van der Waals surface area contributed by atoms with Gasteiger partial charge in [-0.2, -0.15) is 0 Å². The first-order valence-electron chi connectivity index (χ1n) is 20.6. The topological polar surface area (TPSA) is 19.6 Å². The van der Waals surface area contributed by atoms with Gasteiger partial charge in [-0.1, -0.05) is 164 Å². The minimum absolute atomic E-state index is 0.560. The molecule has 3 heteroatoms. The van der Waals surface area contributed by atoms with Crippen LogP contribution in [-0.4, -0.2) is 0 Å². The molecule has 0 saturated carbocycles. The molecule has 0 fully saturated rings. The van der Waals surface area contributed by atoms with Crippen LogP contribution in [-0.2, 0) is 5.41 Å². The van der Waals surface area contributed by atoms with Crippen molar-refractivity contribution in [2.24, 2.45) is 0 Å². The smallest absolute Gasteiger partial charge is 0.134 e. The number of hydrogen-bond donors (Lipinski definition) is 0. The van der Waals surface area contributed by atoms with E-state index < -0.39 is 5.41 Å². The molecular weight excluding hydrogens is 729 g/mol. The Bertz CT molecular complexity index is 3170. The summed E-state index contributed by atoms with van der Waals surface area (Å²) in [6.45, 7) is 0. The van der Waals surface area contributed by atoms with Crippen molar-refractivity contribution < 1.29 is 4.42 Å². The third-order valence-corrected chi connectivity index (χ3v) is 12.5. The zero-order chi connectivity index (χ0) is 39.6. The molecule has 12 rings (SSSR count). The fourth-order valence-electron chi connectivity index (χ4n) is 10.0. The molecule has 0 N–H and O–H groups in total.